The molecule has 0 aliphatic rings. The van der Waals surface area contributed by atoms with Crippen LogP contribution in [-0.2, 0) is 6.54 Å². The van der Waals surface area contributed by atoms with Gasteiger partial charge in [0.2, 0.25) is 0 Å². The van der Waals surface area contributed by atoms with E-state index in [4.69, 9.17) is 5.11 Å². The summed E-state index contributed by atoms with van der Waals surface area (Å²) in [6, 6.07) is 3.00. The average Bonchev–Trinajstić information content (AvgIpc) is 2.86. The van der Waals surface area contributed by atoms with Crippen LogP contribution in [0.2, 0.25) is 0 Å². The maximum atomic E-state index is 12.0. The van der Waals surface area contributed by atoms with Crippen molar-refractivity contribution in [3.05, 3.63) is 41.9 Å². The van der Waals surface area contributed by atoms with Crippen molar-refractivity contribution in [2.45, 2.75) is 13.5 Å². The van der Waals surface area contributed by atoms with Crippen LogP contribution in [0.25, 0.3) is 0 Å². The Kier molecular flexibility index (Phi) is 3.56. The zero-order chi connectivity index (χ0) is 13.8. The molecule has 0 aliphatic heterocycles. The third-order valence-corrected chi connectivity index (χ3v) is 2.50. The Balaban J connectivity index is 2.22. The Hall–Kier alpha value is -2.70. The molecule has 0 radical (unpaired) electrons. The largest absolute Gasteiger partial charge is 0.478 e. The van der Waals surface area contributed by atoms with Crippen LogP contribution in [0.3, 0.4) is 0 Å². The van der Waals surface area contributed by atoms with Gasteiger partial charge in [0.15, 0.2) is 5.82 Å². The SMILES string of the molecule is CCn1ccc(NC(=O)c2ccncc2C(=O)O)n1. The molecule has 2 rings (SSSR count). The standard InChI is InChI=1S/C12H12N4O3/c1-2-16-6-4-10(15-16)14-11(17)8-3-5-13-7-9(8)12(18)19/h3-7H,2H2,1H3,(H,18,19)(H,14,15,17). The molecule has 2 aromatic rings. The highest BCUT2D eigenvalue weighted by Gasteiger charge is 2.17. The van der Waals surface area contributed by atoms with Gasteiger partial charge in [0.05, 0.1) is 11.1 Å². The van der Waals surface area contributed by atoms with Gasteiger partial charge in [-0.2, -0.15) is 5.10 Å². The summed E-state index contributed by atoms with van der Waals surface area (Å²) in [6.45, 7) is 2.61. The van der Waals surface area contributed by atoms with Crippen LogP contribution < -0.4 is 5.32 Å². The summed E-state index contributed by atoms with van der Waals surface area (Å²) in [4.78, 5) is 26.7. The molecule has 0 unspecified atom stereocenters. The van der Waals surface area contributed by atoms with E-state index in [0.29, 0.717) is 12.4 Å². The first kappa shape index (κ1) is 12.7. The fraction of sp³-hybridized carbons (Fsp3) is 0.167. The molecule has 0 aromatic carbocycles. The molecular formula is C12H12N4O3. The van der Waals surface area contributed by atoms with E-state index in [1.54, 1.807) is 16.9 Å². The van der Waals surface area contributed by atoms with Crippen molar-refractivity contribution in [1.82, 2.24) is 14.8 Å². The number of nitrogens with one attached hydrogen (secondary N) is 1. The number of anilines is 1. The Morgan fingerprint density at radius 1 is 1.37 bits per heavy atom. The summed E-state index contributed by atoms with van der Waals surface area (Å²) in [5.74, 6) is -1.35. The molecule has 0 fully saturated rings. The van der Waals surface area contributed by atoms with Crippen LogP contribution in [0.4, 0.5) is 5.82 Å². The number of aromatic carboxylic acids is 1. The van der Waals surface area contributed by atoms with E-state index in [9.17, 15) is 9.59 Å². The van der Waals surface area contributed by atoms with Crippen molar-refractivity contribution >= 4 is 17.7 Å². The van der Waals surface area contributed by atoms with E-state index in [2.05, 4.69) is 15.4 Å². The van der Waals surface area contributed by atoms with Crippen LogP contribution in [-0.4, -0.2) is 31.7 Å². The normalized spacial score (nSPS) is 10.2. The first-order valence-corrected chi connectivity index (χ1v) is 5.64. The second kappa shape index (κ2) is 5.30. The quantitative estimate of drug-likeness (QED) is 0.862. The van der Waals surface area contributed by atoms with Gasteiger partial charge in [0.25, 0.3) is 5.91 Å². The topological polar surface area (TPSA) is 97.1 Å². The average molecular weight is 260 g/mol. The molecule has 2 N–H and O–H groups in total. The summed E-state index contributed by atoms with van der Waals surface area (Å²) in [5, 5.41) is 15.6. The Morgan fingerprint density at radius 2 is 2.16 bits per heavy atom. The number of pyridine rings is 1. The van der Waals surface area contributed by atoms with Crippen LogP contribution in [0.5, 0.6) is 0 Å². The van der Waals surface area contributed by atoms with E-state index < -0.39 is 11.9 Å². The van der Waals surface area contributed by atoms with Gasteiger partial charge in [-0.1, -0.05) is 0 Å². The van der Waals surface area contributed by atoms with E-state index >= 15 is 0 Å². The minimum Gasteiger partial charge on any atom is -0.478 e. The van der Waals surface area contributed by atoms with Gasteiger partial charge in [-0.15, -0.1) is 0 Å². The van der Waals surface area contributed by atoms with Gasteiger partial charge in [-0.25, -0.2) is 4.79 Å². The lowest BCUT2D eigenvalue weighted by atomic mass is 10.1. The first-order valence-electron chi connectivity index (χ1n) is 5.64. The third kappa shape index (κ3) is 2.76. The number of hydrogen-bond donors (Lipinski definition) is 2. The molecule has 2 aromatic heterocycles. The lowest BCUT2D eigenvalue weighted by Crippen LogP contribution is -2.17. The van der Waals surface area contributed by atoms with E-state index in [1.165, 1.54) is 12.3 Å². The minimum atomic E-state index is -1.20. The molecule has 0 aliphatic carbocycles. The highest BCUT2D eigenvalue weighted by atomic mass is 16.4. The lowest BCUT2D eigenvalue weighted by Gasteiger charge is -2.04. The number of aromatic nitrogens is 3. The van der Waals surface area contributed by atoms with Crippen molar-refractivity contribution < 1.29 is 14.7 Å². The molecule has 0 atom stereocenters. The number of carboxylic acids is 1. The minimum absolute atomic E-state index is 0.0496. The Morgan fingerprint density at radius 3 is 2.79 bits per heavy atom. The third-order valence-electron chi connectivity index (χ3n) is 2.50. The van der Waals surface area contributed by atoms with Crippen LogP contribution in [0.15, 0.2) is 30.7 Å². The molecule has 2 heterocycles. The monoisotopic (exact) mass is 260 g/mol. The van der Waals surface area contributed by atoms with E-state index in [1.807, 2.05) is 6.92 Å². The molecule has 19 heavy (non-hydrogen) atoms. The smallest absolute Gasteiger partial charge is 0.338 e. The molecule has 0 bridgehead atoms. The summed E-state index contributed by atoms with van der Waals surface area (Å²) >= 11 is 0. The molecule has 0 saturated heterocycles. The van der Waals surface area contributed by atoms with Crippen LogP contribution in [0, 0.1) is 0 Å². The van der Waals surface area contributed by atoms with Crippen molar-refractivity contribution in [1.29, 1.82) is 0 Å². The zero-order valence-corrected chi connectivity index (χ0v) is 10.2. The number of nitrogens with zero attached hydrogens (tertiary/aromatic N) is 3. The molecule has 0 saturated carbocycles. The number of rotatable bonds is 4. The summed E-state index contributed by atoms with van der Waals surface area (Å²) in [5.41, 5.74) is -0.0940. The molecule has 7 heteroatoms. The van der Waals surface area contributed by atoms with Crippen LogP contribution in [0.1, 0.15) is 27.6 Å². The Labute approximate surface area is 108 Å². The number of amides is 1. The number of carbonyl (C=O) groups excluding carboxylic acids is 1. The number of aryl methyl sites for hydroxylation is 1. The zero-order valence-electron chi connectivity index (χ0n) is 10.2. The molecule has 1 amide bonds. The summed E-state index contributed by atoms with van der Waals surface area (Å²) < 4.78 is 1.65. The first-order chi connectivity index (χ1) is 9.11. The van der Waals surface area contributed by atoms with Gasteiger partial charge in [-0.05, 0) is 13.0 Å². The molecule has 98 valence electrons. The summed E-state index contributed by atoms with van der Waals surface area (Å²) in [7, 11) is 0. The number of hydrogen-bond acceptors (Lipinski definition) is 4. The van der Waals surface area contributed by atoms with Crippen molar-refractivity contribution in [3.8, 4) is 0 Å². The van der Waals surface area contributed by atoms with Gasteiger partial charge in [0.1, 0.15) is 0 Å². The highest BCUT2D eigenvalue weighted by molar-refractivity contribution is 6.10. The maximum Gasteiger partial charge on any atom is 0.338 e. The second-order valence-corrected chi connectivity index (χ2v) is 3.74. The number of carboxylic acid groups (broad SMARTS) is 1. The van der Waals surface area contributed by atoms with Crippen molar-refractivity contribution in [2.75, 3.05) is 5.32 Å². The molecule has 7 nitrogen and oxygen atoms in total. The Bertz CT molecular complexity index is 621. The van der Waals surface area contributed by atoms with E-state index in [-0.39, 0.29) is 11.1 Å². The summed E-state index contributed by atoms with van der Waals surface area (Å²) in [6.07, 6.45) is 4.23. The van der Waals surface area contributed by atoms with Crippen LogP contribution >= 0.6 is 0 Å². The fourth-order valence-corrected chi connectivity index (χ4v) is 1.55. The molecular weight excluding hydrogens is 248 g/mol. The highest BCUT2D eigenvalue weighted by Crippen LogP contribution is 2.10. The van der Waals surface area contributed by atoms with Crippen molar-refractivity contribution in [2.24, 2.45) is 0 Å². The number of carbonyl (C=O) groups is 2. The molecule has 0 spiro atoms. The lowest BCUT2D eigenvalue weighted by molar-refractivity contribution is 0.0692. The van der Waals surface area contributed by atoms with E-state index in [0.717, 1.165) is 6.20 Å². The van der Waals surface area contributed by atoms with Gasteiger partial charge >= 0.3 is 5.97 Å². The predicted octanol–water partition coefficient (Wildman–Crippen LogP) is 1.25. The maximum absolute atomic E-state index is 12.0. The van der Waals surface area contributed by atoms with Gasteiger partial charge in [-0.3, -0.25) is 14.5 Å². The van der Waals surface area contributed by atoms with Gasteiger partial charge < -0.3 is 10.4 Å². The fourth-order valence-electron chi connectivity index (χ4n) is 1.55. The predicted molar refractivity (Wildman–Crippen MR) is 67.1 cm³/mol. The van der Waals surface area contributed by atoms with Crippen molar-refractivity contribution in [3.63, 3.8) is 0 Å². The van der Waals surface area contributed by atoms with Gasteiger partial charge in [0, 0.05) is 31.2 Å². The second-order valence-electron chi connectivity index (χ2n) is 3.74.